The second-order valence-electron chi connectivity index (χ2n) is 5.09. The van der Waals surface area contributed by atoms with Crippen LogP contribution in [0, 0.1) is 0 Å². The second kappa shape index (κ2) is 8.11. The third-order valence-corrected chi connectivity index (χ3v) is 4.32. The highest BCUT2D eigenvalue weighted by Gasteiger charge is 2.09. The number of rotatable bonds is 6. The summed E-state index contributed by atoms with van der Waals surface area (Å²) in [6, 6.07) is 15.4. The van der Waals surface area contributed by atoms with E-state index < -0.39 is 0 Å². The Hall–Kier alpha value is -1.65. The largest absolute Gasteiger partial charge is 0.322 e. The van der Waals surface area contributed by atoms with Crippen LogP contribution in [-0.4, -0.2) is 23.9 Å². The Morgan fingerprint density at radius 3 is 2.27 bits per heavy atom. The molecule has 22 heavy (non-hydrogen) atoms. The van der Waals surface area contributed by atoms with Crippen molar-refractivity contribution in [2.24, 2.45) is 0 Å². The van der Waals surface area contributed by atoms with Crippen molar-refractivity contribution in [3.63, 3.8) is 0 Å². The molecule has 2 aromatic rings. The first-order chi connectivity index (χ1) is 10.6. The molecule has 116 valence electrons. The quantitative estimate of drug-likeness (QED) is 0.819. The van der Waals surface area contributed by atoms with Gasteiger partial charge >= 0.3 is 0 Å². The lowest BCUT2D eigenvalue weighted by Gasteiger charge is -2.18. The van der Waals surface area contributed by atoms with Crippen LogP contribution in [0.1, 0.15) is 29.8 Å². The summed E-state index contributed by atoms with van der Waals surface area (Å²) in [5.74, 6) is -0.107. The third-order valence-electron chi connectivity index (χ3n) is 3.63. The third kappa shape index (κ3) is 4.42. The summed E-state index contributed by atoms with van der Waals surface area (Å²) in [4.78, 5) is 14.6. The molecule has 0 aliphatic carbocycles. The van der Waals surface area contributed by atoms with Crippen molar-refractivity contribution in [2.45, 2.75) is 20.4 Å². The van der Waals surface area contributed by atoms with Crippen molar-refractivity contribution >= 4 is 27.5 Å². The standard InChI is InChI=1S/C18H21BrN2O/c1-3-21(4-2)13-14-9-11-15(12-10-14)20-18(22)16-7-5-6-8-17(16)19/h5-12H,3-4,13H2,1-2H3,(H,20,22). The molecule has 0 spiro atoms. The number of carbonyl (C=O) groups is 1. The van der Waals surface area contributed by atoms with Gasteiger partial charge in [-0.3, -0.25) is 9.69 Å². The molecule has 0 heterocycles. The number of carbonyl (C=O) groups excluding carboxylic acids is 1. The van der Waals surface area contributed by atoms with Crippen molar-refractivity contribution in [2.75, 3.05) is 18.4 Å². The van der Waals surface area contributed by atoms with Gasteiger partial charge in [0.25, 0.3) is 5.91 Å². The first-order valence-electron chi connectivity index (χ1n) is 7.51. The zero-order chi connectivity index (χ0) is 15.9. The van der Waals surface area contributed by atoms with E-state index in [2.05, 4.69) is 52.1 Å². The molecule has 0 radical (unpaired) electrons. The van der Waals surface area contributed by atoms with Gasteiger partial charge in [0.2, 0.25) is 0 Å². The monoisotopic (exact) mass is 360 g/mol. The molecule has 1 amide bonds. The predicted molar refractivity (Wildman–Crippen MR) is 95.2 cm³/mol. The highest BCUT2D eigenvalue weighted by atomic mass is 79.9. The topological polar surface area (TPSA) is 32.3 Å². The molecule has 0 fully saturated rings. The molecule has 2 aromatic carbocycles. The number of hydrogen-bond donors (Lipinski definition) is 1. The van der Waals surface area contributed by atoms with Gasteiger partial charge in [0, 0.05) is 16.7 Å². The SMILES string of the molecule is CCN(CC)Cc1ccc(NC(=O)c2ccccc2Br)cc1. The van der Waals surface area contributed by atoms with Gasteiger partial charge in [-0.1, -0.05) is 38.1 Å². The number of nitrogens with one attached hydrogen (secondary N) is 1. The van der Waals surface area contributed by atoms with Crippen molar-refractivity contribution in [3.05, 3.63) is 64.1 Å². The molecule has 0 saturated heterocycles. The van der Waals surface area contributed by atoms with E-state index in [4.69, 9.17) is 0 Å². The van der Waals surface area contributed by atoms with E-state index in [1.54, 1.807) is 6.07 Å². The Balaban J connectivity index is 2.02. The molecule has 4 heteroatoms. The molecule has 0 unspecified atom stereocenters. The molecule has 0 saturated carbocycles. The maximum atomic E-state index is 12.2. The average Bonchev–Trinajstić information content (AvgIpc) is 2.54. The summed E-state index contributed by atoms with van der Waals surface area (Å²) < 4.78 is 0.797. The summed E-state index contributed by atoms with van der Waals surface area (Å²) >= 11 is 3.40. The number of halogens is 1. The molecule has 0 aliphatic heterocycles. The van der Waals surface area contributed by atoms with Crippen LogP contribution in [0.25, 0.3) is 0 Å². The fourth-order valence-electron chi connectivity index (χ4n) is 2.24. The molecule has 0 atom stereocenters. The van der Waals surface area contributed by atoms with E-state index >= 15 is 0 Å². The van der Waals surface area contributed by atoms with E-state index in [0.717, 1.165) is 29.8 Å². The van der Waals surface area contributed by atoms with Crippen LogP contribution in [0.15, 0.2) is 53.0 Å². The molecule has 0 aliphatic rings. The minimum atomic E-state index is -0.107. The van der Waals surface area contributed by atoms with Crippen molar-refractivity contribution in [3.8, 4) is 0 Å². The summed E-state index contributed by atoms with van der Waals surface area (Å²) in [7, 11) is 0. The number of amides is 1. The summed E-state index contributed by atoms with van der Waals surface area (Å²) in [5, 5.41) is 2.93. The van der Waals surface area contributed by atoms with Crippen LogP contribution in [0.2, 0.25) is 0 Å². The van der Waals surface area contributed by atoms with Crippen LogP contribution in [0.5, 0.6) is 0 Å². The molecule has 2 rings (SSSR count). The molecule has 3 nitrogen and oxygen atoms in total. The molecule has 1 N–H and O–H groups in total. The zero-order valence-electron chi connectivity index (χ0n) is 13.0. The summed E-state index contributed by atoms with van der Waals surface area (Å²) in [6.07, 6.45) is 0. The van der Waals surface area contributed by atoms with Gasteiger partial charge in [-0.05, 0) is 58.8 Å². The van der Waals surface area contributed by atoms with E-state index in [9.17, 15) is 4.79 Å². The highest BCUT2D eigenvalue weighted by molar-refractivity contribution is 9.10. The lowest BCUT2D eigenvalue weighted by atomic mass is 10.1. The van der Waals surface area contributed by atoms with Gasteiger partial charge in [0.15, 0.2) is 0 Å². The zero-order valence-corrected chi connectivity index (χ0v) is 14.6. The van der Waals surface area contributed by atoms with Crippen LogP contribution in [0.4, 0.5) is 5.69 Å². The fraction of sp³-hybridized carbons (Fsp3) is 0.278. The van der Waals surface area contributed by atoms with Crippen molar-refractivity contribution in [1.82, 2.24) is 4.90 Å². The Morgan fingerprint density at radius 2 is 1.68 bits per heavy atom. The van der Waals surface area contributed by atoms with E-state index in [0.29, 0.717) is 5.56 Å². The van der Waals surface area contributed by atoms with Crippen LogP contribution in [0.3, 0.4) is 0 Å². The van der Waals surface area contributed by atoms with Crippen molar-refractivity contribution in [1.29, 1.82) is 0 Å². The minimum absolute atomic E-state index is 0.107. The first-order valence-corrected chi connectivity index (χ1v) is 8.30. The molecular formula is C18H21BrN2O. The van der Waals surface area contributed by atoms with Crippen molar-refractivity contribution < 1.29 is 4.79 Å². The Kier molecular flexibility index (Phi) is 6.16. The first kappa shape index (κ1) is 16.7. The normalized spacial score (nSPS) is 10.7. The van der Waals surface area contributed by atoms with Crippen LogP contribution < -0.4 is 5.32 Å². The van der Waals surface area contributed by atoms with Crippen LogP contribution in [-0.2, 0) is 6.54 Å². The van der Waals surface area contributed by atoms with Gasteiger partial charge in [-0.15, -0.1) is 0 Å². The number of benzene rings is 2. The van der Waals surface area contributed by atoms with Gasteiger partial charge in [-0.2, -0.15) is 0 Å². The second-order valence-corrected chi connectivity index (χ2v) is 5.95. The molecular weight excluding hydrogens is 340 g/mol. The predicted octanol–water partition coefficient (Wildman–Crippen LogP) is 4.54. The average molecular weight is 361 g/mol. The maximum absolute atomic E-state index is 12.2. The Morgan fingerprint density at radius 1 is 1.05 bits per heavy atom. The number of anilines is 1. The molecule has 0 aromatic heterocycles. The maximum Gasteiger partial charge on any atom is 0.256 e. The summed E-state index contributed by atoms with van der Waals surface area (Å²) in [6.45, 7) is 7.34. The van der Waals surface area contributed by atoms with E-state index in [1.807, 2.05) is 30.3 Å². The smallest absolute Gasteiger partial charge is 0.256 e. The molecule has 0 bridgehead atoms. The van der Waals surface area contributed by atoms with Gasteiger partial charge in [-0.25, -0.2) is 0 Å². The minimum Gasteiger partial charge on any atom is -0.322 e. The van der Waals surface area contributed by atoms with E-state index in [-0.39, 0.29) is 5.91 Å². The number of nitrogens with zero attached hydrogens (tertiary/aromatic N) is 1. The highest BCUT2D eigenvalue weighted by Crippen LogP contribution is 2.18. The Bertz CT molecular complexity index is 621. The Labute approximate surface area is 140 Å². The van der Waals surface area contributed by atoms with Gasteiger partial charge in [0.1, 0.15) is 0 Å². The van der Waals surface area contributed by atoms with Gasteiger partial charge < -0.3 is 5.32 Å². The van der Waals surface area contributed by atoms with E-state index in [1.165, 1.54) is 5.56 Å². The lowest BCUT2D eigenvalue weighted by Crippen LogP contribution is -2.22. The number of hydrogen-bond acceptors (Lipinski definition) is 2. The van der Waals surface area contributed by atoms with Gasteiger partial charge in [0.05, 0.1) is 5.56 Å². The fourth-order valence-corrected chi connectivity index (χ4v) is 2.71. The lowest BCUT2D eigenvalue weighted by molar-refractivity contribution is 0.102. The summed E-state index contributed by atoms with van der Waals surface area (Å²) in [5.41, 5.74) is 2.70. The van der Waals surface area contributed by atoms with Crippen LogP contribution >= 0.6 is 15.9 Å².